The molecule has 1 saturated heterocycles. The van der Waals surface area contributed by atoms with Crippen LogP contribution in [0.3, 0.4) is 0 Å². The van der Waals surface area contributed by atoms with Gasteiger partial charge in [-0.25, -0.2) is 0 Å². The van der Waals surface area contributed by atoms with E-state index in [9.17, 15) is 9.90 Å². The summed E-state index contributed by atoms with van der Waals surface area (Å²) in [5.41, 5.74) is 2.31. The minimum Gasteiger partial charge on any atom is -0.480 e. The highest BCUT2D eigenvalue weighted by Crippen LogP contribution is 2.25. The van der Waals surface area contributed by atoms with Gasteiger partial charge in [0.1, 0.15) is 6.04 Å². The van der Waals surface area contributed by atoms with Crippen molar-refractivity contribution in [1.82, 2.24) is 10.2 Å². The molecule has 0 spiro atoms. The molecular formula is C15H23N3O2. The van der Waals surface area contributed by atoms with Crippen molar-refractivity contribution in [3.63, 3.8) is 0 Å². The summed E-state index contributed by atoms with van der Waals surface area (Å²) in [7, 11) is 4.02. The van der Waals surface area contributed by atoms with Crippen LogP contribution >= 0.6 is 0 Å². The predicted octanol–water partition coefficient (Wildman–Crippen LogP) is 1.17. The Morgan fingerprint density at radius 3 is 2.60 bits per heavy atom. The summed E-state index contributed by atoms with van der Waals surface area (Å²) in [5.74, 6) is -0.756. The van der Waals surface area contributed by atoms with Crippen LogP contribution in [-0.4, -0.2) is 55.7 Å². The molecule has 2 unspecified atom stereocenters. The smallest absolute Gasteiger partial charge is 0.322 e. The summed E-state index contributed by atoms with van der Waals surface area (Å²) >= 11 is 0. The number of carboxylic acids is 1. The zero-order valence-electron chi connectivity index (χ0n) is 12.3. The van der Waals surface area contributed by atoms with Gasteiger partial charge in [-0.05, 0) is 24.6 Å². The topological polar surface area (TPSA) is 55.8 Å². The molecule has 2 N–H and O–H groups in total. The number of hydrogen-bond acceptors (Lipinski definition) is 4. The van der Waals surface area contributed by atoms with Crippen molar-refractivity contribution in [3.8, 4) is 0 Å². The molecule has 2 rings (SSSR count). The van der Waals surface area contributed by atoms with Crippen LogP contribution in [0.15, 0.2) is 24.3 Å². The highest BCUT2D eigenvalue weighted by Gasteiger charge is 2.32. The lowest BCUT2D eigenvalue weighted by Crippen LogP contribution is -2.55. The molecule has 0 radical (unpaired) electrons. The van der Waals surface area contributed by atoms with E-state index >= 15 is 0 Å². The normalized spacial score (nSPS) is 21.4. The molecule has 0 aromatic heterocycles. The number of piperazine rings is 1. The first kappa shape index (κ1) is 14.8. The third kappa shape index (κ3) is 3.11. The Hall–Kier alpha value is -1.59. The first-order chi connectivity index (χ1) is 9.50. The van der Waals surface area contributed by atoms with Crippen LogP contribution in [-0.2, 0) is 4.79 Å². The molecule has 1 fully saturated rings. The summed E-state index contributed by atoms with van der Waals surface area (Å²) in [6.07, 6.45) is 0. The van der Waals surface area contributed by atoms with E-state index in [1.165, 1.54) is 0 Å². The number of carboxylic acid groups (broad SMARTS) is 1. The fraction of sp³-hybridized carbons (Fsp3) is 0.533. The quantitative estimate of drug-likeness (QED) is 0.865. The van der Waals surface area contributed by atoms with Crippen molar-refractivity contribution >= 4 is 11.7 Å². The van der Waals surface area contributed by atoms with Gasteiger partial charge in [-0.1, -0.05) is 12.1 Å². The molecule has 0 amide bonds. The zero-order valence-corrected chi connectivity index (χ0v) is 12.3. The Kier molecular flexibility index (Phi) is 4.62. The molecular weight excluding hydrogens is 254 g/mol. The van der Waals surface area contributed by atoms with E-state index in [1.807, 2.05) is 14.1 Å². The zero-order chi connectivity index (χ0) is 14.7. The monoisotopic (exact) mass is 277 g/mol. The van der Waals surface area contributed by atoms with E-state index in [0.717, 1.165) is 24.3 Å². The summed E-state index contributed by atoms with van der Waals surface area (Å²) in [6, 6.07) is 7.97. The summed E-state index contributed by atoms with van der Waals surface area (Å²) in [5, 5.41) is 12.5. The van der Waals surface area contributed by atoms with Crippen LogP contribution in [0.25, 0.3) is 0 Å². The van der Waals surface area contributed by atoms with Crippen molar-refractivity contribution in [2.24, 2.45) is 0 Å². The van der Waals surface area contributed by atoms with E-state index in [4.69, 9.17) is 0 Å². The molecule has 5 nitrogen and oxygen atoms in total. The van der Waals surface area contributed by atoms with E-state index < -0.39 is 12.0 Å². The molecule has 2 atom stereocenters. The Morgan fingerprint density at radius 1 is 1.40 bits per heavy atom. The fourth-order valence-electron chi connectivity index (χ4n) is 2.66. The average Bonchev–Trinajstić information content (AvgIpc) is 2.46. The number of rotatable bonds is 4. The Bertz CT molecular complexity index is 459. The summed E-state index contributed by atoms with van der Waals surface area (Å²) in [4.78, 5) is 15.5. The number of hydrogen-bond donors (Lipinski definition) is 2. The maximum atomic E-state index is 11.4. The van der Waals surface area contributed by atoms with Crippen LogP contribution in [0, 0.1) is 0 Å². The lowest BCUT2D eigenvalue weighted by Gasteiger charge is -2.38. The minimum atomic E-state index is -0.756. The minimum absolute atomic E-state index is 0.106. The molecule has 5 heteroatoms. The molecule has 1 aromatic rings. The van der Waals surface area contributed by atoms with Gasteiger partial charge in [-0.2, -0.15) is 0 Å². The molecule has 0 saturated carbocycles. The second kappa shape index (κ2) is 6.24. The van der Waals surface area contributed by atoms with Gasteiger partial charge in [0, 0.05) is 45.5 Å². The number of nitrogens with zero attached hydrogens (tertiary/aromatic N) is 2. The standard InChI is InChI=1S/C15H23N3O2/c1-11(12-4-6-13(7-5-12)17(2)3)18-9-8-16-10-14(18)15(19)20/h4-7,11,14,16H,8-10H2,1-3H3,(H,19,20). The Labute approximate surface area is 120 Å². The number of carbonyl (C=O) groups is 1. The third-order valence-corrected chi connectivity index (χ3v) is 3.96. The third-order valence-electron chi connectivity index (χ3n) is 3.96. The van der Waals surface area contributed by atoms with E-state index in [2.05, 4.69) is 46.3 Å². The molecule has 20 heavy (non-hydrogen) atoms. The fourth-order valence-corrected chi connectivity index (χ4v) is 2.66. The van der Waals surface area contributed by atoms with E-state index in [1.54, 1.807) is 0 Å². The van der Waals surface area contributed by atoms with E-state index in [0.29, 0.717) is 6.54 Å². The van der Waals surface area contributed by atoms with Gasteiger partial charge < -0.3 is 15.3 Å². The van der Waals surface area contributed by atoms with Crippen LogP contribution in [0.5, 0.6) is 0 Å². The second-order valence-electron chi connectivity index (χ2n) is 5.46. The SMILES string of the molecule is CC(c1ccc(N(C)C)cc1)N1CCNCC1C(=O)O. The molecule has 1 aliphatic heterocycles. The number of nitrogens with one attached hydrogen (secondary N) is 1. The van der Waals surface area contributed by atoms with Crippen LogP contribution in [0.1, 0.15) is 18.5 Å². The highest BCUT2D eigenvalue weighted by atomic mass is 16.4. The van der Waals surface area contributed by atoms with Gasteiger partial charge in [0.2, 0.25) is 0 Å². The second-order valence-corrected chi connectivity index (χ2v) is 5.46. The maximum absolute atomic E-state index is 11.4. The first-order valence-electron chi connectivity index (χ1n) is 6.97. The highest BCUT2D eigenvalue weighted by molar-refractivity contribution is 5.74. The van der Waals surface area contributed by atoms with Crippen molar-refractivity contribution in [3.05, 3.63) is 29.8 Å². The van der Waals surface area contributed by atoms with Crippen LogP contribution in [0.2, 0.25) is 0 Å². The van der Waals surface area contributed by atoms with Gasteiger partial charge in [-0.3, -0.25) is 9.69 Å². The molecule has 0 aliphatic carbocycles. The van der Waals surface area contributed by atoms with Gasteiger partial charge >= 0.3 is 5.97 Å². The summed E-state index contributed by atoms with van der Waals surface area (Å²) < 4.78 is 0. The number of benzene rings is 1. The largest absolute Gasteiger partial charge is 0.480 e. The molecule has 1 heterocycles. The van der Waals surface area contributed by atoms with E-state index in [-0.39, 0.29) is 6.04 Å². The Balaban J connectivity index is 2.16. The van der Waals surface area contributed by atoms with Gasteiger partial charge in [0.15, 0.2) is 0 Å². The lowest BCUT2D eigenvalue weighted by molar-refractivity contribution is -0.145. The van der Waals surface area contributed by atoms with Crippen molar-refractivity contribution in [2.45, 2.75) is 19.0 Å². The van der Waals surface area contributed by atoms with Crippen molar-refractivity contribution in [1.29, 1.82) is 0 Å². The number of aliphatic carboxylic acids is 1. The Morgan fingerprint density at radius 2 is 2.05 bits per heavy atom. The lowest BCUT2D eigenvalue weighted by atomic mass is 10.0. The van der Waals surface area contributed by atoms with Crippen LogP contribution in [0.4, 0.5) is 5.69 Å². The molecule has 1 aromatic carbocycles. The summed E-state index contributed by atoms with van der Waals surface area (Å²) in [6.45, 7) is 4.18. The molecule has 1 aliphatic rings. The van der Waals surface area contributed by atoms with Crippen LogP contribution < -0.4 is 10.2 Å². The van der Waals surface area contributed by atoms with Gasteiger partial charge in [0.05, 0.1) is 0 Å². The maximum Gasteiger partial charge on any atom is 0.322 e. The number of anilines is 1. The average molecular weight is 277 g/mol. The molecule has 0 bridgehead atoms. The van der Waals surface area contributed by atoms with Gasteiger partial charge in [0.25, 0.3) is 0 Å². The molecule has 110 valence electrons. The van der Waals surface area contributed by atoms with Gasteiger partial charge in [-0.15, -0.1) is 0 Å². The van der Waals surface area contributed by atoms with Crippen molar-refractivity contribution < 1.29 is 9.90 Å². The van der Waals surface area contributed by atoms with Crippen molar-refractivity contribution in [2.75, 3.05) is 38.6 Å². The predicted molar refractivity (Wildman–Crippen MR) is 80.2 cm³/mol. The first-order valence-corrected chi connectivity index (χ1v) is 6.97.